The number of hydrogen-bond acceptors (Lipinski definition) is 3. The lowest BCUT2D eigenvalue weighted by Crippen LogP contribution is -2.47. The largest absolute Gasteiger partial charge is 0.379 e. The number of aromatic nitrogens is 1. The number of carbonyl (C=O) groups excluding carboxylic acids is 1. The highest BCUT2D eigenvalue weighted by atomic mass is 16.2. The molecule has 0 saturated heterocycles. The monoisotopic (exact) mass is 309 g/mol. The van der Waals surface area contributed by atoms with Crippen molar-refractivity contribution in [3.8, 4) is 0 Å². The smallest absolute Gasteiger partial charge is 0.227 e. The first kappa shape index (κ1) is 15.5. The molecule has 23 heavy (non-hydrogen) atoms. The summed E-state index contributed by atoms with van der Waals surface area (Å²) in [5, 5.41) is 3.55. The van der Waals surface area contributed by atoms with Crippen molar-refractivity contribution in [1.29, 1.82) is 0 Å². The van der Waals surface area contributed by atoms with Gasteiger partial charge in [0, 0.05) is 31.4 Å². The second-order valence-corrected chi connectivity index (χ2v) is 6.37. The molecule has 4 heteroatoms. The number of pyridine rings is 1. The van der Waals surface area contributed by atoms with Crippen molar-refractivity contribution in [2.24, 2.45) is 5.92 Å². The molecule has 1 aromatic heterocycles. The first-order chi connectivity index (χ1) is 11.1. The highest BCUT2D eigenvalue weighted by molar-refractivity contribution is 5.97. The summed E-state index contributed by atoms with van der Waals surface area (Å²) in [6.45, 7) is 5.10. The standard InChI is InChI=1S/C19H23N3O/c1-14(2)17-13-22(18-6-4-3-5-16(18)21-17)19(23)8-7-15-9-11-20-12-10-15/h3-6,9-12,14,17,21H,7-8,13H2,1-2H3/t17-/m0/s1. The summed E-state index contributed by atoms with van der Waals surface area (Å²) in [5.41, 5.74) is 3.19. The Kier molecular flexibility index (Phi) is 4.60. The molecule has 0 aliphatic carbocycles. The van der Waals surface area contributed by atoms with E-state index >= 15 is 0 Å². The molecule has 1 N–H and O–H groups in total. The summed E-state index contributed by atoms with van der Waals surface area (Å²) in [5.74, 6) is 0.653. The number of nitrogens with zero attached hydrogens (tertiary/aromatic N) is 2. The zero-order valence-corrected chi connectivity index (χ0v) is 13.7. The van der Waals surface area contributed by atoms with Gasteiger partial charge in [0.05, 0.1) is 11.4 Å². The van der Waals surface area contributed by atoms with Gasteiger partial charge in [-0.1, -0.05) is 26.0 Å². The Labute approximate surface area is 137 Å². The average Bonchev–Trinajstić information content (AvgIpc) is 2.59. The molecule has 3 rings (SSSR count). The minimum Gasteiger partial charge on any atom is -0.379 e. The Hall–Kier alpha value is -2.36. The maximum absolute atomic E-state index is 12.8. The lowest BCUT2D eigenvalue weighted by molar-refractivity contribution is -0.118. The predicted molar refractivity (Wildman–Crippen MR) is 93.6 cm³/mol. The Morgan fingerprint density at radius 3 is 2.74 bits per heavy atom. The molecule has 1 atom stereocenters. The van der Waals surface area contributed by atoms with Gasteiger partial charge in [-0.25, -0.2) is 0 Å². The van der Waals surface area contributed by atoms with Crippen molar-refractivity contribution in [1.82, 2.24) is 4.98 Å². The normalized spacial score (nSPS) is 16.8. The van der Waals surface area contributed by atoms with E-state index < -0.39 is 0 Å². The fourth-order valence-corrected chi connectivity index (χ4v) is 2.92. The van der Waals surface area contributed by atoms with Crippen LogP contribution in [0, 0.1) is 5.92 Å². The number of para-hydroxylation sites is 2. The van der Waals surface area contributed by atoms with E-state index in [9.17, 15) is 4.79 Å². The maximum Gasteiger partial charge on any atom is 0.227 e. The molecular weight excluding hydrogens is 286 g/mol. The van der Waals surface area contributed by atoms with Crippen LogP contribution in [-0.4, -0.2) is 23.5 Å². The van der Waals surface area contributed by atoms with Crippen LogP contribution in [-0.2, 0) is 11.2 Å². The number of carbonyl (C=O) groups is 1. The van der Waals surface area contributed by atoms with E-state index in [2.05, 4.69) is 24.1 Å². The first-order valence-electron chi connectivity index (χ1n) is 8.20. The number of hydrogen-bond donors (Lipinski definition) is 1. The van der Waals surface area contributed by atoms with Gasteiger partial charge < -0.3 is 10.2 Å². The Morgan fingerprint density at radius 2 is 2.00 bits per heavy atom. The van der Waals surface area contributed by atoms with Gasteiger partial charge in [-0.15, -0.1) is 0 Å². The minimum absolute atomic E-state index is 0.182. The summed E-state index contributed by atoms with van der Waals surface area (Å²) in [4.78, 5) is 18.7. The third kappa shape index (κ3) is 3.52. The SMILES string of the molecule is CC(C)[C@@H]1CN(C(=O)CCc2ccncc2)c2ccccc2N1. The highest BCUT2D eigenvalue weighted by Crippen LogP contribution is 2.32. The van der Waals surface area contributed by atoms with Crippen LogP contribution in [0.25, 0.3) is 0 Å². The fraction of sp³-hybridized carbons (Fsp3) is 0.368. The Morgan fingerprint density at radius 1 is 1.26 bits per heavy atom. The number of nitrogens with one attached hydrogen (secondary N) is 1. The molecule has 0 unspecified atom stereocenters. The van der Waals surface area contributed by atoms with Crippen LogP contribution in [0.5, 0.6) is 0 Å². The van der Waals surface area contributed by atoms with Crippen molar-refractivity contribution >= 4 is 17.3 Å². The van der Waals surface area contributed by atoms with Crippen LogP contribution in [0.3, 0.4) is 0 Å². The molecule has 2 aromatic rings. The molecule has 4 nitrogen and oxygen atoms in total. The van der Waals surface area contributed by atoms with Crippen LogP contribution in [0.15, 0.2) is 48.8 Å². The number of aryl methyl sites for hydroxylation is 1. The van der Waals surface area contributed by atoms with Crippen LogP contribution < -0.4 is 10.2 Å². The quantitative estimate of drug-likeness (QED) is 0.940. The highest BCUT2D eigenvalue weighted by Gasteiger charge is 2.28. The van der Waals surface area contributed by atoms with Crippen LogP contribution in [0.4, 0.5) is 11.4 Å². The van der Waals surface area contributed by atoms with Gasteiger partial charge in [0.25, 0.3) is 0 Å². The number of rotatable bonds is 4. The van der Waals surface area contributed by atoms with Crippen LogP contribution in [0.2, 0.25) is 0 Å². The third-order valence-corrected chi connectivity index (χ3v) is 4.40. The fourth-order valence-electron chi connectivity index (χ4n) is 2.92. The van der Waals surface area contributed by atoms with Gasteiger partial charge in [-0.2, -0.15) is 0 Å². The minimum atomic E-state index is 0.182. The van der Waals surface area contributed by atoms with Gasteiger partial charge in [0.2, 0.25) is 5.91 Å². The molecule has 0 bridgehead atoms. The maximum atomic E-state index is 12.8. The van der Waals surface area contributed by atoms with E-state index in [0.29, 0.717) is 12.3 Å². The Bertz CT molecular complexity index is 669. The van der Waals surface area contributed by atoms with Crippen molar-refractivity contribution in [2.45, 2.75) is 32.7 Å². The first-order valence-corrected chi connectivity index (χ1v) is 8.20. The molecule has 0 fully saturated rings. The molecule has 1 aliphatic heterocycles. The number of benzene rings is 1. The van der Waals surface area contributed by atoms with E-state index in [-0.39, 0.29) is 11.9 Å². The average molecular weight is 309 g/mol. The third-order valence-electron chi connectivity index (χ3n) is 4.40. The summed E-state index contributed by atoms with van der Waals surface area (Å²) < 4.78 is 0. The van der Waals surface area contributed by atoms with E-state index in [1.807, 2.05) is 41.3 Å². The summed E-state index contributed by atoms with van der Waals surface area (Å²) in [6, 6.07) is 12.3. The van der Waals surface area contributed by atoms with E-state index in [1.54, 1.807) is 12.4 Å². The van der Waals surface area contributed by atoms with Crippen LogP contribution in [0.1, 0.15) is 25.8 Å². The van der Waals surface area contributed by atoms with Gasteiger partial charge in [0.15, 0.2) is 0 Å². The predicted octanol–water partition coefficient (Wildman–Crippen LogP) is 3.50. The van der Waals surface area contributed by atoms with Crippen molar-refractivity contribution < 1.29 is 4.79 Å². The summed E-state index contributed by atoms with van der Waals surface area (Å²) >= 11 is 0. The zero-order valence-electron chi connectivity index (χ0n) is 13.7. The molecule has 0 radical (unpaired) electrons. The van der Waals surface area contributed by atoms with Crippen LogP contribution >= 0.6 is 0 Å². The zero-order chi connectivity index (χ0) is 16.2. The molecule has 0 saturated carbocycles. The van der Waals surface area contributed by atoms with Gasteiger partial charge in [-0.3, -0.25) is 9.78 Å². The van der Waals surface area contributed by atoms with Crippen molar-refractivity contribution in [3.63, 3.8) is 0 Å². The topological polar surface area (TPSA) is 45.2 Å². The molecular formula is C19H23N3O. The lowest BCUT2D eigenvalue weighted by Gasteiger charge is -2.37. The Balaban J connectivity index is 1.76. The molecule has 1 aliphatic rings. The molecule has 0 spiro atoms. The molecule has 1 aromatic carbocycles. The van der Waals surface area contributed by atoms with E-state index in [4.69, 9.17) is 0 Å². The second kappa shape index (κ2) is 6.82. The molecule has 120 valence electrons. The van der Waals surface area contributed by atoms with Crippen molar-refractivity contribution in [2.75, 3.05) is 16.8 Å². The molecule has 2 heterocycles. The summed E-state index contributed by atoms with van der Waals surface area (Å²) in [6.07, 6.45) is 4.81. The number of amides is 1. The van der Waals surface area contributed by atoms with Gasteiger partial charge >= 0.3 is 0 Å². The lowest BCUT2D eigenvalue weighted by atomic mass is 9.99. The second-order valence-electron chi connectivity index (χ2n) is 6.37. The van der Waals surface area contributed by atoms with Gasteiger partial charge in [-0.05, 0) is 42.2 Å². The van der Waals surface area contributed by atoms with E-state index in [0.717, 1.165) is 29.9 Å². The number of anilines is 2. The molecule has 1 amide bonds. The van der Waals surface area contributed by atoms with E-state index in [1.165, 1.54) is 0 Å². The number of fused-ring (bicyclic) bond motifs is 1. The summed E-state index contributed by atoms with van der Waals surface area (Å²) in [7, 11) is 0. The van der Waals surface area contributed by atoms with Gasteiger partial charge in [0.1, 0.15) is 0 Å². The van der Waals surface area contributed by atoms with Crippen molar-refractivity contribution in [3.05, 3.63) is 54.4 Å².